The fraction of sp³-hybridized carbons (Fsp3) is 1.00. The van der Waals surface area contributed by atoms with Crippen LogP contribution in [-0.2, 0) is 4.74 Å². The smallest absolute Gasteiger partial charge is 0.0603 e. The molecule has 0 spiro atoms. The predicted molar refractivity (Wildman–Crippen MR) is 110 cm³/mol. The van der Waals surface area contributed by atoms with E-state index < -0.39 is 0 Å². The minimum absolute atomic E-state index is 0.535. The Labute approximate surface area is 158 Å². The molecule has 25 heavy (non-hydrogen) atoms. The summed E-state index contributed by atoms with van der Waals surface area (Å²) >= 11 is 0. The average molecular weight is 351 g/mol. The molecule has 2 saturated carbocycles. The van der Waals surface area contributed by atoms with E-state index in [9.17, 15) is 0 Å². The number of hydrogen-bond donors (Lipinski definition) is 0. The van der Waals surface area contributed by atoms with E-state index in [0.717, 1.165) is 36.2 Å². The quantitative estimate of drug-likeness (QED) is 0.368. The van der Waals surface area contributed by atoms with Gasteiger partial charge in [-0.1, -0.05) is 85.5 Å². The van der Waals surface area contributed by atoms with Crippen molar-refractivity contribution in [3.05, 3.63) is 0 Å². The molecule has 4 unspecified atom stereocenters. The normalized spacial score (nSPS) is 36.5. The Bertz CT molecular complexity index is 331. The Morgan fingerprint density at radius 2 is 1.44 bits per heavy atom. The molecule has 0 bridgehead atoms. The lowest BCUT2D eigenvalue weighted by Gasteiger charge is -2.40. The van der Waals surface area contributed by atoms with Crippen LogP contribution in [0, 0.1) is 29.6 Å². The molecule has 0 N–H and O–H groups in total. The topological polar surface area (TPSA) is 9.23 Å². The Hall–Kier alpha value is -0.0400. The molecule has 4 atom stereocenters. The van der Waals surface area contributed by atoms with Gasteiger partial charge in [-0.2, -0.15) is 0 Å². The van der Waals surface area contributed by atoms with E-state index in [-0.39, 0.29) is 0 Å². The molecule has 148 valence electrons. The highest BCUT2D eigenvalue weighted by Crippen LogP contribution is 2.41. The van der Waals surface area contributed by atoms with E-state index in [1.54, 1.807) is 0 Å². The van der Waals surface area contributed by atoms with Crippen LogP contribution in [0.1, 0.15) is 111 Å². The van der Waals surface area contributed by atoms with Crippen molar-refractivity contribution in [1.82, 2.24) is 0 Å². The minimum Gasteiger partial charge on any atom is -0.378 e. The maximum Gasteiger partial charge on any atom is 0.0603 e. The maximum atomic E-state index is 6.28. The summed E-state index contributed by atoms with van der Waals surface area (Å²) in [4.78, 5) is 0. The zero-order valence-corrected chi connectivity index (χ0v) is 17.8. The van der Waals surface area contributed by atoms with Gasteiger partial charge in [-0.3, -0.25) is 0 Å². The van der Waals surface area contributed by atoms with Crippen molar-refractivity contribution in [2.45, 2.75) is 117 Å². The van der Waals surface area contributed by atoms with Crippen molar-refractivity contribution in [2.24, 2.45) is 29.6 Å². The maximum absolute atomic E-state index is 6.28. The fourth-order valence-electron chi connectivity index (χ4n) is 5.46. The molecule has 0 heterocycles. The minimum atomic E-state index is 0.535. The van der Waals surface area contributed by atoms with Crippen LogP contribution in [0.2, 0.25) is 0 Å². The Balaban J connectivity index is 1.64. The van der Waals surface area contributed by atoms with Gasteiger partial charge in [-0.05, 0) is 55.3 Å². The van der Waals surface area contributed by atoms with Crippen LogP contribution in [0.25, 0.3) is 0 Å². The summed E-state index contributed by atoms with van der Waals surface area (Å²) in [6.07, 6.45) is 19.0. The van der Waals surface area contributed by atoms with Crippen molar-refractivity contribution < 1.29 is 4.74 Å². The number of unbranched alkanes of at least 4 members (excludes halogenated alkanes) is 3. The van der Waals surface area contributed by atoms with Gasteiger partial charge >= 0.3 is 0 Å². The summed E-state index contributed by atoms with van der Waals surface area (Å²) in [7, 11) is 0. The Morgan fingerprint density at radius 3 is 2.12 bits per heavy atom. The van der Waals surface area contributed by atoms with Crippen LogP contribution in [0.5, 0.6) is 0 Å². The van der Waals surface area contributed by atoms with E-state index in [2.05, 4.69) is 27.7 Å². The highest BCUT2D eigenvalue weighted by Gasteiger charge is 2.34. The summed E-state index contributed by atoms with van der Waals surface area (Å²) in [5.74, 6) is 4.64. The van der Waals surface area contributed by atoms with Crippen molar-refractivity contribution in [2.75, 3.05) is 6.61 Å². The molecule has 2 aliphatic carbocycles. The van der Waals surface area contributed by atoms with Crippen molar-refractivity contribution >= 4 is 0 Å². The third kappa shape index (κ3) is 6.89. The molecular weight excluding hydrogens is 304 g/mol. The molecule has 0 saturated heterocycles. The van der Waals surface area contributed by atoms with E-state index in [0.29, 0.717) is 6.10 Å². The molecule has 2 aliphatic rings. The largest absolute Gasteiger partial charge is 0.378 e. The van der Waals surface area contributed by atoms with Gasteiger partial charge in [0.25, 0.3) is 0 Å². The van der Waals surface area contributed by atoms with E-state index >= 15 is 0 Å². The third-order valence-electron chi connectivity index (χ3n) is 7.80. The zero-order chi connectivity index (χ0) is 18.1. The Kier molecular flexibility index (Phi) is 9.89. The highest BCUT2D eigenvalue weighted by molar-refractivity contribution is 4.84. The molecule has 0 aromatic rings. The Morgan fingerprint density at radius 1 is 0.720 bits per heavy atom. The molecular formula is C24H46O. The van der Waals surface area contributed by atoms with Crippen LogP contribution in [0.4, 0.5) is 0 Å². The molecule has 1 heteroatoms. The second-order valence-electron chi connectivity index (χ2n) is 9.40. The van der Waals surface area contributed by atoms with Crippen molar-refractivity contribution in [1.29, 1.82) is 0 Å². The second kappa shape index (κ2) is 11.6. The van der Waals surface area contributed by atoms with Crippen LogP contribution in [0.15, 0.2) is 0 Å². The van der Waals surface area contributed by atoms with Crippen molar-refractivity contribution in [3.63, 3.8) is 0 Å². The van der Waals surface area contributed by atoms with Gasteiger partial charge in [0, 0.05) is 6.61 Å². The lowest BCUT2D eigenvalue weighted by atomic mass is 9.69. The van der Waals surface area contributed by atoms with Gasteiger partial charge in [-0.15, -0.1) is 0 Å². The number of ether oxygens (including phenoxy) is 1. The van der Waals surface area contributed by atoms with Gasteiger partial charge in [-0.25, -0.2) is 0 Å². The lowest BCUT2D eigenvalue weighted by molar-refractivity contribution is -0.0443. The monoisotopic (exact) mass is 350 g/mol. The van der Waals surface area contributed by atoms with Crippen molar-refractivity contribution in [3.8, 4) is 0 Å². The van der Waals surface area contributed by atoms with Gasteiger partial charge in [0.05, 0.1) is 6.10 Å². The molecule has 2 rings (SSSR count). The van der Waals surface area contributed by atoms with E-state index in [1.807, 2.05) is 0 Å². The zero-order valence-electron chi connectivity index (χ0n) is 17.8. The first-order valence-corrected chi connectivity index (χ1v) is 11.8. The summed E-state index contributed by atoms with van der Waals surface area (Å²) in [5, 5.41) is 0. The van der Waals surface area contributed by atoms with E-state index in [4.69, 9.17) is 4.74 Å². The molecule has 0 aliphatic heterocycles. The fourth-order valence-corrected chi connectivity index (χ4v) is 5.46. The van der Waals surface area contributed by atoms with Gasteiger partial charge in [0.15, 0.2) is 0 Å². The van der Waals surface area contributed by atoms with Crippen LogP contribution in [0.3, 0.4) is 0 Å². The molecule has 0 aromatic carbocycles. The molecule has 0 radical (unpaired) electrons. The highest BCUT2D eigenvalue weighted by atomic mass is 16.5. The summed E-state index contributed by atoms with van der Waals surface area (Å²) in [5.41, 5.74) is 0. The van der Waals surface area contributed by atoms with E-state index in [1.165, 1.54) is 83.5 Å². The van der Waals surface area contributed by atoms with Gasteiger partial charge in [0.1, 0.15) is 0 Å². The average Bonchev–Trinajstić information content (AvgIpc) is 2.64. The lowest BCUT2D eigenvalue weighted by Crippen LogP contribution is -2.37. The molecule has 2 fully saturated rings. The van der Waals surface area contributed by atoms with Crippen LogP contribution < -0.4 is 0 Å². The number of hydrogen-bond acceptors (Lipinski definition) is 1. The summed E-state index contributed by atoms with van der Waals surface area (Å²) < 4.78 is 6.28. The molecule has 0 amide bonds. The van der Waals surface area contributed by atoms with Gasteiger partial charge < -0.3 is 4.74 Å². The molecule has 0 aromatic heterocycles. The van der Waals surface area contributed by atoms with Gasteiger partial charge in [0.2, 0.25) is 0 Å². The first kappa shape index (κ1) is 21.3. The van der Waals surface area contributed by atoms with Crippen LogP contribution in [-0.4, -0.2) is 12.7 Å². The summed E-state index contributed by atoms with van der Waals surface area (Å²) in [6, 6.07) is 0. The molecule has 1 nitrogen and oxygen atoms in total. The first-order valence-electron chi connectivity index (χ1n) is 11.8. The second-order valence-corrected chi connectivity index (χ2v) is 9.40. The standard InChI is InChI=1S/C24H46O/c1-5-7-8-9-18-25-24-17-16-23(19(3)20(24)4)15-14-22-12-10-21(6-2)11-13-22/h19-24H,5-18H2,1-4H3. The first-order chi connectivity index (χ1) is 12.2. The predicted octanol–water partition coefficient (Wildman–Crippen LogP) is 7.63. The SMILES string of the molecule is CCCCCCOC1CCC(CCC2CCC(CC)CC2)C(C)C1C. The summed E-state index contributed by atoms with van der Waals surface area (Å²) in [6.45, 7) is 10.6. The van der Waals surface area contributed by atoms with Crippen LogP contribution >= 0.6 is 0 Å². The number of rotatable bonds is 10. The third-order valence-corrected chi connectivity index (χ3v) is 7.80.